The van der Waals surface area contributed by atoms with Crippen molar-refractivity contribution in [2.24, 2.45) is 0 Å². The van der Waals surface area contributed by atoms with Crippen molar-refractivity contribution in [1.82, 2.24) is 5.32 Å². The van der Waals surface area contributed by atoms with Gasteiger partial charge in [0.1, 0.15) is 5.60 Å². The van der Waals surface area contributed by atoms with Gasteiger partial charge < -0.3 is 14.8 Å². The van der Waals surface area contributed by atoms with Crippen molar-refractivity contribution in [1.29, 1.82) is 0 Å². The SMILES string of the molecule is COc1ccc(C#CSI)c(CNC(=O)OC(C)(C)C)c1F. The smallest absolute Gasteiger partial charge is 0.407 e. The van der Waals surface area contributed by atoms with Crippen molar-refractivity contribution < 1.29 is 18.7 Å². The number of halogens is 2. The van der Waals surface area contributed by atoms with Gasteiger partial charge in [0.15, 0.2) is 11.6 Å². The summed E-state index contributed by atoms with van der Waals surface area (Å²) in [6.07, 6.45) is -0.614. The maximum atomic E-state index is 14.4. The lowest BCUT2D eigenvalue weighted by Crippen LogP contribution is -2.32. The van der Waals surface area contributed by atoms with Gasteiger partial charge in [0.2, 0.25) is 0 Å². The average molecular weight is 437 g/mol. The molecule has 0 aromatic heterocycles. The second-order valence-electron chi connectivity index (χ2n) is 5.27. The Hall–Kier alpha value is -1.14. The fourth-order valence-electron chi connectivity index (χ4n) is 1.60. The zero-order chi connectivity index (χ0) is 16.8. The van der Waals surface area contributed by atoms with Crippen LogP contribution in [-0.4, -0.2) is 18.8 Å². The van der Waals surface area contributed by atoms with E-state index in [0.717, 1.165) is 0 Å². The molecule has 0 saturated carbocycles. The highest BCUT2D eigenvalue weighted by molar-refractivity contribution is 14.2. The molecule has 0 bridgehead atoms. The van der Waals surface area contributed by atoms with E-state index in [9.17, 15) is 9.18 Å². The molecule has 1 N–H and O–H groups in total. The van der Waals surface area contributed by atoms with Crippen molar-refractivity contribution in [2.75, 3.05) is 7.11 Å². The van der Waals surface area contributed by atoms with Gasteiger partial charge in [0.25, 0.3) is 0 Å². The molecule has 0 heterocycles. The van der Waals surface area contributed by atoms with Gasteiger partial charge >= 0.3 is 6.09 Å². The van der Waals surface area contributed by atoms with Gasteiger partial charge in [-0.15, -0.1) is 0 Å². The summed E-state index contributed by atoms with van der Waals surface area (Å²) in [4.78, 5) is 11.7. The van der Waals surface area contributed by atoms with Crippen molar-refractivity contribution >= 4 is 36.2 Å². The fourth-order valence-corrected chi connectivity index (χ4v) is 2.08. The lowest BCUT2D eigenvalue weighted by molar-refractivity contribution is 0.0523. The van der Waals surface area contributed by atoms with Crippen LogP contribution in [0.25, 0.3) is 0 Å². The number of hydrogen-bond donors (Lipinski definition) is 1. The summed E-state index contributed by atoms with van der Waals surface area (Å²) in [5, 5.41) is 5.33. The van der Waals surface area contributed by atoms with E-state index in [-0.39, 0.29) is 17.9 Å². The van der Waals surface area contributed by atoms with Crippen LogP contribution in [0.5, 0.6) is 5.75 Å². The summed E-state index contributed by atoms with van der Waals surface area (Å²) in [7, 11) is 2.68. The topological polar surface area (TPSA) is 47.6 Å². The molecule has 0 saturated heterocycles. The molecule has 22 heavy (non-hydrogen) atoms. The maximum Gasteiger partial charge on any atom is 0.407 e. The lowest BCUT2D eigenvalue weighted by atomic mass is 10.1. The van der Waals surface area contributed by atoms with Crippen LogP contribution in [0.3, 0.4) is 0 Å². The Morgan fingerprint density at radius 1 is 1.45 bits per heavy atom. The quantitative estimate of drug-likeness (QED) is 0.568. The minimum atomic E-state index is -0.614. The standard InChI is InChI=1S/C15H17FINO3S/c1-15(2,3)21-14(19)18-9-11-10(7-8-22-17)5-6-12(20-4)13(11)16/h5-6H,9H2,1-4H3,(H,18,19). The zero-order valence-electron chi connectivity index (χ0n) is 12.8. The van der Waals surface area contributed by atoms with E-state index in [1.54, 1.807) is 26.8 Å². The average Bonchev–Trinajstić information content (AvgIpc) is 2.42. The van der Waals surface area contributed by atoms with Crippen LogP contribution < -0.4 is 10.1 Å². The first kappa shape index (κ1) is 18.9. The first-order chi connectivity index (χ1) is 10.3. The Morgan fingerprint density at radius 3 is 2.68 bits per heavy atom. The van der Waals surface area contributed by atoms with E-state index in [0.29, 0.717) is 5.56 Å². The third-order valence-electron chi connectivity index (χ3n) is 2.46. The van der Waals surface area contributed by atoms with Gasteiger partial charge in [-0.25, -0.2) is 9.18 Å². The van der Waals surface area contributed by atoms with Crippen LogP contribution in [0.1, 0.15) is 31.9 Å². The lowest BCUT2D eigenvalue weighted by Gasteiger charge is -2.20. The van der Waals surface area contributed by atoms with Crippen LogP contribution in [0.4, 0.5) is 9.18 Å². The van der Waals surface area contributed by atoms with Gasteiger partial charge in [-0.3, -0.25) is 0 Å². The number of hydrogen-bond acceptors (Lipinski definition) is 4. The first-order valence-corrected chi connectivity index (χ1v) is 9.75. The van der Waals surface area contributed by atoms with Crippen LogP contribution in [0, 0.1) is 17.0 Å². The predicted molar refractivity (Wildman–Crippen MR) is 94.5 cm³/mol. The largest absolute Gasteiger partial charge is 0.494 e. The molecule has 1 aromatic carbocycles. The first-order valence-electron chi connectivity index (χ1n) is 6.39. The third-order valence-corrected chi connectivity index (χ3v) is 3.30. The normalized spacial score (nSPS) is 10.5. The van der Waals surface area contributed by atoms with Crippen LogP contribution in [0.2, 0.25) is 0 Å². The van der Waals surface area contributed by atoms with E-state index >= 15 is 0 Å². The van der Waals surface area contributed by atoms with Crippen molar-refractivity contribution in [3.63, 3.8) is 0 Å². The number of alkyl carbamates (subject to hydrolysis) is 1. The number of carbonyl (C=O) groups is 1. The van der Waals surface area contributed by atoms with Crippen molar-refractivity contribution in [2.45, 2.75) is 32.9 Å². The Bertz CT molecular complexity index is 605. The van der Waals surface area contributed by atoms with E-state index in [2.05, 4.69) is 16.5 Å². The summed E-state index contributed by atoms with van der Waals surface area (Å²) >= 11 is 2.03. The maximum absolute atomic E-state index is 14.4. The summed E-state index contributed by atoms with van der Waals surface area (Å²) < 4.78 is 24.4. The number of benzene rings is 1. The minimum absolute atomic E-state index is 0.0339. The van der Waals surface area contributed by atoms with Crippen LogP contribution >= 0.6 is 30.1 Å². The molecular weight excluding hydrogens is 420 g/mol. The Morgan fingerprint density at radius 2 is 2.14 bits per heavy atom. The molecule has 0 fully saturated rings. The highest BCUT2D eigenvalue weighted by atomic mass is 127. The van der Waals surface area contributed by atoms with Crippen LogP contribution in [-0.2, 0) is 11.3 Å². The highest BCUT2D eigenvalue weighted by Gasteiger charge is 2.18. The van der Waals surface area contributed by atoms with Gasteiger partial charge in [0.05, 0.1) is 13.7 Å². The molecule has 0 aliphatic carbocycles. The number of carbonyl (C=O) groups excluding carboxylic acids is 1. The molecule has 0 radical (unpaired) electrons. The molecule has 1 amide bonds. The summed E-state index contributed by atoms with van der Waals surface area (Å²) in [5.41, 5.74) is 0.152. The molecule has 0 unspecified atom stereocenters. The summed E-state index contributed by atoms with van der Waals surface area (Å²) in [5.74, 6) is 2.41. The monoisotopic (exact) mass is 437 g/mol. The molecular formula is C15H17FINO3S. The predicted octanol–water partition coefficient (Wildman–Crippen LogP) is 4.25. The minimum Gasteiger partial charge on any atom is -0.494 e. The fraction of sp³-hybridized carbons (Fsp3) is 0.400. The van der Waals surface area contributed by atoms with Crippen molar-refractivity contribution in [3.05, 3.63) is 29.1 Å². The van der Waals surface area contributed by atoms with Gasteiger partial charge in [-0.1, -0.05) is 5.92 Å². The van der Waals surface area contributed by atoms with Crippen molar-refractivity contribution in [3.8, 4) is 16.9 Å². The molecule has 0 aliphatic rings. The van der Waals surface area contributed by atoms with Gasteiger partial charge in [0, 0.05) is 32.3 Å². The summed E-state index contributed by atoms with van der Waals surface area (Å²) in [6, 6.07) is 3.17. The summed E-state index contributed by atoms with van der Waals surface area (Å²) in [6.45, 7) is 5.24. The molecule has 7 heteroatoms. The van der Waals surface area contributed by atoms with E-state index in [1.165, 1.54) is 22.1 Å². The van der Waals surface area contributed by atoms with E-state index in [4.69, 9.17) is 9.47 Å². The zero-order valence-corrected chi connectivity index (χ0v) is 15.7. The Kier molecular flexibility index (Phi) is 7.29. The van der Waals surface area contributed by atoms with Gasteiger partial charge in [-0.05, 0) is 47.1 Å². The van der Waals surface area contributed by atoms with E-state index in [1.807, 2.05) is 21.2 Å². The molecule has 0 spiro atoms. The van der Waals surface area contributed by atoms with Crippen LogP contribution in [0.15, 0.2) is 12.1 Å². The van der Waals surface area contributed by atoms with E-state index < -0.39 is 17.5 Å². The molecule has 1 rings (SSSR count). The Balaban J connectivity index is 2.98. The second kappa shape index (κ2) is 8.48. The molecule has 1 aromatic rings. The van der Waals surface area contributed by atoms with Gasteiger partial charge in [-0.2, -0.15) is 0 Å². The molecule has 4 nitrogen and oxygen atoms in total. The molecule has 0 atom stereocenters. The number of nitrogens with one attached hydrogen (secondary N) is 1. The number of methoxy groups -OCH3 is 1. The Labute approximate surface area is 146 Å². The number of amides is 1. The molecule has 0 aliphatic heterocycles. The second-order valence-corrected chi connectivity index (χ2v) is 6.95. The molecule has 120 valence electrons. The number of rotatable bonds is 3. The third kappa shape index (κ3) is 5.93. The number of ether oxygens (including phenoxy) is 2. The highest BCUT2D eigenvalue weighted by Crippen LogP contribution is 2.24.